The van der Waals surface area contributed by atoms with Crippen LogP contribution in [-0.2, 0) is 15.0 Å². The molecule has 0 bridgehead atoms. The van der Waals surface area contributed by atoms with Gasteiger partial charge in [-0.15, -0.1) is 11.6 Å². The molecule has 2 N–H and O–H groups in total. The van der Waals surface area contributed by atoms with Gasteiger partial charge in [0.15, 0.2) is 0 Å². The third-order valence-corrected chi connectivity index (χ3v) is 4.94. The van der Waals surface area contributed by atoms with E-state index in [4.69, 9.17) is 11.6 Å². The normalized spacial score (nSPS) is 16.7. The van der Waals surface area contributed by atoms with Crippen molar-refractivity contribution in [1.29, 1.82) is 0 Å². The van der Waals surface area contributed by atoms with E-state index in [-0.39, 0.29) is 36.3 Å². The zero-order valence-corrected chi connectivity index (χ0v) is 12.8. The molecule has 1 aromatic carbocycles. The van der Waals surface area contributed by atoms with Gasteiger partial charge in [-0.05, 0) is 12.1 Å². The molecule has 1 heterocycles. The Balaban J connectivity index is 2.02. The smallest absolute Gasteiger partial charge is 0.301 e. The van der Waals surface area contributed by atoms with Gasteiger partial charge in [0.25, 0.3) is 0 Å². The number of carbonyl (C=O) groups excluding carboxylic acids is 1. The van der Waals surface area contributed by atoms with Gasteiger partial charge in [0, 0.05) is 26.2 Å². The third kappa shape index (κ3) is 3.78. The van der Waals surface area contributed by atoms with Crippen LogP contribution in [0.15, 0.2) is 24.3 Å². The summed E-state index contributed by atoms with van der Waals surface area (Å²) in [5, 5.41) is 9.61. The number of benzene rings is 1. The summed E-state index contributed by atoms with van der Waals surface area (Å²) < 4.78 is 28.0. The van der Waals surface area contributed by atoms with Crippen LogP contribution < -0.4 is 4.72 Å². The lowest BCUT2D eigenvalue weighted by Crippen LogP contribution is -2.52. The molecule has 0 radical (unpaired) electrons. The van der Waals surface area contributed by atoms with Gasteiger partial charge in [0.1, 0.15) is 11.6 Å². The van der Waals surface area contributed by atoms with E-state index in [2.05, 4.69) is 4.72 Å². The Kier molecular flexibility index (Phi) is 4.92. The van der Waals surface area contributed by atoms with E-state index in [1.54, 1.807) is 12.1 Å². The fourth-order valence-electron chi connectivity index (χ4n) is 2.03. The number of hydrogen-bond donors (Lipinski definition) is 2. The Morgan fingerprint density at radius 2 is 1.86 bits per heavy atom. The number of phenols is 1. The number of phenolic OH excluding ortho intramolecular Hbond substituents is 1. The van der Waals surface area contributed by atoms with Crippen molar-refractivity contribution in [2.24, 2.45) is 0 Å². The standard InChI is InChI=1S/C12H16ClN3O4S/c13-9-12(18)15-5-7-16(8-6-15)21(19,20)14-10-3-1-2-4-11(10)17/h1-4,14,17H,5-9H2. The molecule has 0 aliphatic carbocycles. The van der Waals surface area contributed by atoms with E-state index in [1.165, 1.54) is 21.3 Å². The van der Waals surface area contributed by atoms with Gasteiger partial charge in [0.05, 0.1) is 5.69 Å². The average molecular weight is 334 g/mol. The highest BCUT2D eigenvalue weighted by molar-refractivity contribution is 7.90. The predicted octanol–water partition coefficient (Wildman–Crippen LogP) is 0.432. The van der Waals surface area contributed by atoms with E-state index >= 15 is 0 Å². The molecule has 0 spiro atoms. The van der Waals surface area contributed by atoms with Crippen LogP contribution in [0.3, 0.4) is 0 Å². The van der Waals surface area contributed by atoms with Gasteiger partial charge in [-0.3, -0.25) is 9.52 Å². The maximum absolute atomic E-state index is 12.2. The van der Waals surface area contributed by atoms with Crippen LogP contribution in [0.25, 0.3) is 0 Å². The summed E-state index contributed by atoms with van der Waals surface area (Å²) in [6.45, 7) is 0.970. The topological polar surface area (TPSA) is 90.0 Å². The summed E-state index contributed by atoms with van der Waals surface area (Å²) in [5.74, 6) is -0.456. The van der Waals surface area contributed by atoms with Crippen LogP contribution in [0.4, 0.5) is 5.69 Å². The maximum Gasteiger partial charge on any atom is 0.301 e. The van der Waals surface area contributed by atoms with Gasteiger partial charge < -0.3 is 10.0 Å². The van der Waals surface area contributed by atoms with Crippen molar-refractivity contribution in [2.45, 2.75) is 0 Å². The van der Waals surface area contributed by atoms with E-state index in [9.17, 15) is 18.3 Å². The number of para-hydroxylation sites is 2. The molecule has 0 saturated carbocycles. The molecule has 0 unspecified atom stereocenters. The summed E-state index contributed by atoms with van der Waals surface area (Å²) in [5.41, 5.74) is 0.122. The Morgan fingerprint density at radius 1 is 1.24 bits per heavy atom. The maximum atomic E-state index is 12.2. The highest BCUT2D eigenvalue weighted by atomic mass is 35.5. The van der Waals surface area contributed by atoms with E-state index < -0.39 is 10.2 Å². The molecular weight excluding hydrogens is 318 g/mol. The number of rotatable bonds is 4. The van der Waals surface area contributed by atoms with Gasteiger partial charge in [-0.2, -0.15) is 12.7 Å². The minimum absolute atomic E-state index is 0.108. The van der Waals surface area contributed by atoms with Gasteiger partial charge >= 0.3 is 10.2 Å². The number of aromatic hydroxyl groups is 1. The Hall–Kier alpha value is -1.51. The van der Waals surface area contributed by atoms with Gasteiger partial charge in [0.2, 0.25) is 5.91 Å². The first-order valence-corrected chi connectivity index (χ1v) is 8.31. The second-order valence-electron chi connectivity index (χ2n) is 4.54. The molecule has 116 valence electrons. The Labute approximate surface area is 128 Å². The molecule has 7 nitrogen and oxygen atoms in total. The number of nitrogens with one attached hydrogen (secondary N) is 1. The average Bonchev–Trinajstić information content (AvgIpc) is 2.49. The summed E-state index contributed by atoms with van der Waals surface area (Å²) in [7, 11) is -3.76. The number of anilines is 1. The van der Waals surface area contributed by atoms with Crippen molar-refractivity contribution >= 4 is 33.4 Å². The molecule has 1 aliphatic rings. The molecule has 0 aromatic heterocycles. The quantitative estimate of drug-likeness (QED) is 0.617. The van der Waals surface area contributed by atoms with Crippen LogP contribution in [-0.4, -0.2) is 60.7 Å². The largest absolute Gasteiger partial charge is 0.506 e. The molecule has 2 rings (SSSR count). The van der Waals surface area contributed by atoms with E-state index in [1.807, 2.05) is 0 Å². The lowest BCUT2D eigenvalue weighted by atomic mass is 10.3. The molecule has 9 heteroatoms. The summed E-state index contributed by atoms with van der Waals surface area (Å²) in [6.07, 6.45) is 0. The number of nitrogens with zero attached hydrogens (tertiary/aromatic N) is 2. The number of piperazine rings is 1. The van der Waals surface area contributed by atoms with Crippen LogP contribution >= 0.6 is 11.6 Å². The Morgan fingerprint density at radius 3 is 2.43 bits per heavy atom. The first kappa shape index (κ1) is 15.9. The first-order valence-electron chi connectivity index (χ1n) is 6.33. The number of carbonyl (C=O) groups is 1. The van der Waals surface area contributed by atoms with Gasteiger partial charge in [-0.25, -0.2) is 0 Å². The molecule has 0 atom stereocenters. The SMILES string of the molecule is O=C(CCl)N1CCN(S(=O)(=O)Nc2ccccc2O)CC1. The van der Waals surface area contributed by atoms with Crippen molar-refractivity contribution in [3.8, 4) is 5.75 Å². The number of amides is 1. The molecule has 1 amide bonds. The monoisotopic (exact) mass is 333 g/mol. The zero-order valence-electron chi connectivity index (χ0n) is 11.2. The fourth-order valence-corrected chi connectivity index (χ4v) is 3.42. The molecule has 21 heavy (non-hydrogen) atoms. The highest BCUT2D eigenvalue weighted by Gasteiger charge is 2.28. The van der Waals surface area contributed by atoms with E-state index in [0.717, 1.165) is 0 Å². The third-order valence-electron chi connectivity index (χ3n) is 3.19. The van der Waals surface area contributed by atoms with Crippen molar-refractivity contribution in [3.05, 3.63) is 24.3 Å². The van der Waals surface area contributed by atoms with Crippen molar-refractivity contribution in [1.82, 2.24) is 9.21 Å². The van der Waals surface area contributed by atoms with Crippen LogP contribution in [0.5, 0.6) is 5.75 Å². The van der Waals surface area contributed by atoms with Crippen LogP contribution in [0.1, 0.15) is 0 Å². The fraction of sp³-hybridized carbons (Fsp3) is 0.417. The Bertz CT molecular complexity index is 615. The molecular formula is C12H16ClN3O4S. The molecule has 1 fully saturated rings. The molecule has 1 saturated heterocycles. The lowest BCUT2D eigenvalue weighted by molar-refractivity contribution is -0.129. The predicted molar refractivity (Wildman–Crippen MR) is 79.5 cm³/mol. The van der Waals surface area contributed by atoms with Crippen molar-refractivity contribution < 1.29 is 18.3 Å². The van der Waals surface area contributed by atoms with Crippen LogP contribution in [0.2, 0.25) is 0 Å². The zero-order chi connectivity index (χ0) is 15.5. The summed E-state index contributed by atoms with van der Waals surface area (Å²) >= 11 is 5.47. The highest BCUT2D eigenvalue weighted by Crippen LogP contribution is 2.23. The number of alkyl halides is 1. The number of hydrogen-bond acceptors (Lipinski definition) is 4. The second-order valence-corrected chi connectivity index (χ2v) is 6.48. The number of halogens is 1. The lowest BCUT2D eigenvalue weighted by Gasteiger charge is -2.33. The van der Waals surface area contributed by atoms with Gasteiger partial charge in [-0.1, -0.05) is 12.1 Å². The minimum Gasteiger partial charge on any atom is -0.506 e. The van der Waals surface area contributed by atoms with Crippen molar-refractivity contribution in [2.75, 3.05) is 36.8 Å². The van der Waals surface area contributed by atoms with Crippen LogP contribution in [0, 0.1) is 0 Å². The second kappa shape index (κ2) is 6.50. The van der Waals surface area contributed by atoms with Crippen molar-refractivity contribution in [3.63, 3.8) is 0 Å². The van der Waals surface area contributed by atoms with E-state index in [0.29, 0.717) is 13.1 Å². The molecule has 1 aromatic rings. The first-order chi connectivity index (χ1) is 9.94. The minimum atomic E-state index is -3.76. The summed E-state index contributed by atoms with van der Waals surface area (Å²) in [6, 6.07) is 6.09. The molecule has 1 aliphatic heterocycles. The summed E-state index contributed by atoms with van der Waals surface area (Å²) in [4.78, 5) is 13.0.